The van der Waals surface area contributed by atoms with Crippen molar-refractivity contribution in [2.45, 2.75) is 13.2 Å². The van der Waals surface area contributed by atoms with Crippen molar-refractivity contribution < 1.29 is 32.9 Å². The maximum absolute atomic E-state index is 13.5. The molecule has 1 aliphatic rings. The van der Waals surface area contributed by atoms with E-state index in [2.05, 4.69) is 20.3 Å². The minimum Gasteiger partial charge on any atom is -0.481 e. The molecule has 1 aliphatic heterocycles. The lowest BCUT2D eigenvalue weighted by molar-refractivity contribution is -0.241. The third-order valence-corrected chi connectivity index (χ3v) is 5.06. The first-order chi connectivity index (χ1) is 15.9. The molecule has 1 fully saturated rings. The zero-order valence-corrected chi connectivity index (χ0v) is 18.1. The highest BCUT2D eigenvalue weighted by Gasteiger charge is 2.41. The Morgan fingerprint density at radius 3 is 2.64 bits per heavy atom. The number of aromatic nitrogens is 3. The monoisotopic (exact) mass is 458 g/mol. The minimum absolute atomic E-state index is 0.0718. The Bertz CT molecular complexity index is 1110. The standard InChI is InChI=1S/C22H23FN4O6/c1-22(20(28)29)11-31-19(32-12-22)18-27-16(17(33-18)13-3-5-14(23)6-4-13)15-7-8-24-21(26-15)25-9-10-30-2/h3-8,19H,9-12H2,1-2H3,(H,28,29)(H,24,25,26). The van der Waals surface area contributed by atoms with Crippen LogP contribution in [0.2, 0.25) is 0 Å². The van der Waals surface area contributed by atoms with Crippen LogP contribution in [0.1, 0.15) is 19.1 Å². The summed E-state index contributed by atoms with van der Waals surface area (Å²) in [7, 11) is 1.60. The molecule has 11 heteroatoms. The maximum atomic E-state index is 13.5. The number of hydrogen-bond acceptors (Lipinski definition) is 9. The Balaban J connectivity index is 1.68. The summed E-state index contributed by atoms with van der Waals surface area (Å²) >= 11 is 0. The van der Waals surface area contributed by atoms with Gasteiger partial charge in [0.15, 0.2) is 5.76 Å². The number of carbonyl (C=O) groups is 1. The molecule has 0 bridgehead atoms. The topological polar surface area (TPSA) is 129 Å². The van der Waals surface area contributed by atoms with Crippen LogP contribution in [0.5, 0.6) is 0 Å². The molecule has 2 N–H and O–H groups in total. The lowest BCUT2D eigenvalue weighted by Gasteiger charge is -2.32. The van der Waals surface area contributed by atoms with E-state index in [9.17, 15) is 14.3 Å². The number of benzene rings is 1. The number of rotatable bonds is 8. The molecule has 1 aromatic carbocycles. The lowest BCUT2D eigenvalue weighted by atomic mass is 9.92. The molecule has 0 spiro atoms. The summed E-state index contributed by atoms with van der Waals surface area (Å²) in [4.78, 5) is 24.7. The number of carboxylic acids is 1. The number of nitrogens with one attached hydrogen (secondary N) is 1. The number of ether oxygens (including phenoxy) is 3. The van der Waals surface area contributed by atoms with Crippen molar-refractivity contribution in [3.05, 3.63) is 48.2 Å². The molecule has 174 valence electrons. The van der Waals surface area contributed by atoms with Crippen molar-refractivity contribution in [3.8, 4) is 22.7 Å². The van der Waals surface area contributed by atoms with Gasteiger partial charge in [-0.2, -0.15) is 0 Å². The van der Waals surface area contributed by atoms with Crippen LogP contribution in [-0.4, -0.2) is 59.5 Å². The van der Waals surface area contributed by atoms with Crippen LogP contribution in [0.15, 0.2) is 40.9 Å². The zero-order chi connectivity index (χ0) is 23.4. The Kier molecular flexibility index (Phi) is 6.63. The minimum atomic E-state index is -1.17. The normalized spacial score (nSPS) is 20.5. The van der Waals surface area contributed by atoms with Crippen molar-refractivity contribution in [3.63, 3.8) is 0 Å². The number of aliphatic carboxylic acids is 1. The second-order valence-electron chi connectivity index (χ2n) is 7.74. The van der Waals surface area contributed by atoms with Crippen molar-refractivity contribution in [1.82, 2.24) is 15.0 Å². The maximum Gasteiger partial charge on any atom is 0.314 e. The number of oxazole rings is 1. The Hall–Kier alpha value is -3.41. The van der Waals surface area contributed by atoms with E-state index in [0.717, 1.165) is 0 Å². The average molecular weight is 458 g/mol. The van der Waals surface area contributed by atoms with Gasteiger partial charge in [-0.15, -0.1) is 0 Å². The Morgan fingerprint density at radius 1 is 1.24 bits per heavy atom. The molecular weight excluding hydrogens is 435 g/mol. The first kappa shape index (κ1) is 22.8. The molecule has 0 unspecified atom stereocenters. The molecule has 0 amide bonds. The summed E-state index contributed by atoms with van der Waals surface area (Å²) < 4.78 is 35.7. The van der Waals surface area contributed by atoms with Crippen LogP contribution in [-0.2, 0) is 19.0 Å². The predicted molar refractivity (Wildman–Crippen MR) is 114 cm³/mol. The summed E-state index contributed by atoms with van der Waals surface area (Å²) in [6.45, 7) is 2.39. The Morgan fingerprint density at radius 2 is 1.97 bits per heavy atom. The van der Waals surface area contributed by atoms with E-state index in [-0.39, 0.29) is 19.1 Å². The first-order valence-corrected chi connectivity index (χ1v) is 10.2. The molecule has 33 heavy (non-hydrogen) atoms. The second kappa shape index (κ2) is 9.61. The van der Waals surface area contributed by atoms with Crippen molar-refractivity contribution >= 4 is 11.9 Å². The van der Waals surface area contributed by atoms with Gasteiger partial charge in [-0.1, -0.05) is 0 Å². The number of nitrogens with zero attached hydrogens (tertiary/aromatic N) is 3. The van der Waals surface area contributed by atoms with Gasteiger partial charge in [0.05, 0.1) is 25.5 Å². The van der Waals surface area contributed by atoms with Crippen molar-refractivity contribution in [2.75, 3.05) is 38.8 Å². The molecule has 3 heterocycles. The molecule has 0 saturated carbocycles. The number of hydrogen-bond donors (Lipinski definition) is 2. The van der Waals surface area contributed by atoms with Crippen molar-refractivity contribution in [1.29, 1.82) is 0 Å². The zero-order valence-electron chi connectivity index (χ0n) is 18.1. The summed E-state index contributed by atoms with van der Waals surface area (Å²) in [6, 6.07) is 7.41. The van der Waals surface area contributed by atoms with Gasteiger partial charge < -0.3 is 29.1 Å². The molecule has 1 saturated heterocycles. The summed E-state index contributed by atoms with van der Waals surface area (Å²) in [5.41, 5.74) is 0.253. The highest BCUT2D eigenvalue weighted by atomic mass is 19.1. The fourth-order valence-corrected chi connectivity index (χ4v) is 3.12. The van der Waals surface area contributed by atoms with Gasteiger partial charge in [-0.3, -0.25) is 4.79 Å². The van der Waals surface area contributed by atoms with Gasteiger partial charge in [0, 0.05) is 25.4 Å². The largest absolute Gasteiger partial charge is 0.481 e. The van der Waals surface area contributed by atoms with E-state index in [1.54, 1.807) is 31.5 Å². The predicted octanol–water partition coefficient (Wildman–Crippen LogP) is 3.13. The van der Waals surface area contributed by atoms with Crippen LogP contribution in [0.4, 0.5) is 10.3 Å². The van der Waals surface area contributed by atoms with Gasteiger partial charge in [-0.25, -0.2) is 19.3 Å². The molecule has 0 atom stereocenters. The summed E-state index contributed by atoms with van der Waals surface area (Å²) in [5, 5.41) is 12.4. The van der Waals surface area contributed by atoms with Crippen LogP contribution in [0, 0.1) is 11.2 Å². The van der Waals surface area contributed by atoms with Crippen LogP contribution >= 0.6 is 0 Å². The van der Waals surface area contributed by atoms with Crippen LogP contribution < -0.4 is 5.32 Å². The summed E-state index contributed by atoms with van der Waals surface area (Å²) in [6.07, 6.45) is 0.582. The quantitative estimate of drug-likeness (QED) is 0.486. The SMILES string of the molecule is COCCNc1nccc(-c2nc(C3OCC(C)(C(=O)O)CO3)oc2-c2ccc(F)cc2)n1. The summed E-state index contributed by atoms with van der Waals surface area (Å²) in [5.74, 6) is -0.592. The highest BCUT2D eigenvalue weighted by molar-refractivity contribution is 5.75. The van der Waals surface area contributed by atoms with E-state index in [1.165, 1.54) is 19.1 Å². The third-order valence-electron chi connectivity index (χ3n) is 5.06. The lowest BCUT2D eigenvalue weighted by Crippen LogP contribution is -2.42. The van der Waals surface area contributed by atoms with E-state index in [4.69, 9.17) is 18.6 Å². The van der Waals surface area contributed by atoms with Gasteiger partial charge in [-0.05, 0) is 37.3 Å². The third kappa shape index (κ3) is 5.00. The number of anilines is 1. The van der Waals surface area contributed by atoms with Crippen LogP contribution in [0.25, 0.3) is 22.7 Å². The van der Waals surface area contributed by atoms with E-state index >= 15 is 0 Å². The second-order valence-corrected chi connectivity index (χ2v) is 7.74. The van der Waals surface area contributed by atoms with Gasteiger partial charge in [0.1, 0.15) is 16.9 Å². The molecule has 0 aliphatic carbocycles. The van der Waals surface area contributed by atoms with E-state index in [1.807, 2.05) is 0 Å². The smallest absolute Gasteiger partial charge is 0.314 e. The molecule has 10 nitrogen and oxygen atoms in total. The molecular formula is C22H23FN4O6. The Labute approximate surface area is 188 Å². The number of methoxy groups -OCH3 is 1. The molecule has 2 aromatic heterocycles. The van der Waals surface area contributed by atoms with Crippen LogP contribution in [0.3, 0.4) is 0 Å². The van der Waals surface area contributed by atoms with Crippen molar-refractivity contribution in [2.24, 2.45) is 5.41 Å². The van der Waals surface area contributed by atoms with Gasteiger partial charge >= 0.3 is 5.97 Å². The molecule has 4 rings (SSSR count). The molecule has 3 aromatic rings. The number of halogens is 1. The fraction of sp³-hybridized carbons (Fsp3) is 0.364. The van der Waals surface area contributed by atoms with Gasteiger partial charge in [0.25, 0.3) is 5.89 Å². The van der Waals surface area contributed by atoms with E-state index in [0.29, 0.717) is 41.8 Å². The average Bonchev–Trinajstić information content (AvgIpc) is 3.26. The molecule has 0 radical (unpaired) electrons. The fourth-order valence-electron chi connectivity index (χ4n) is 3.12. The highest BCUT2D eigenvalue weighted by Crippen LogP contribution is 2.37. The van der Waals surface area contributed by atoms with Gasteiger partial charge in [0.2, 0.25) is 12.2 Å². The first-order valence-electron chi connectivity index (χ1n) is 10.2. The van der Waals surface area contributed by atoms with E-state index < -0.39 is 23.5 Å². The number of carboxylic acid groups (broad SMARTS) is 1.